The average Bonchev–Trinajstić information content (AvgIpc) is 3.19. The Morgan fingerprint density at radius 3 is 3.00 bits per heavy atom. The molecule has 3 aromatic rings. The Labute approximate surface area is 172 Å². The predicted octanol–water partition coefficient (Wildman–Crippen LogP) is 3.59. The third-order valence-corrected chi connectivity index (χ3v) is 5.29. The Bertz CT molecular complexity index is 1150. The molecule has 0 atom stereocenters. The first-order chi connectivity index (χ1) is 14.6. The van der Waals surface area contributed by atoms with E-state index in [9.17, 15) is 14.0 Å². The van der Waals surface area contributed by atoms with Crippen molar-refractivity contribution in [3.63, 3.8) is 0 Å². The van der Waals surface area contributed by atoms with Crippen molar-refractivity contribution in [1.29, 1.82) is 0 Å². The van der Waals surface area contributed by atoms with E-state index in [1.165, 1.54) is 47.5 Å². The minimum atomic E-state index is -0.437. The van der Waals surface area contributed by atoms with Crippen molar-refractivity contribution < 1.29 is 13.7 Å². The van der Waals surface area contributed by atoms with Crippen LogP contribution in [0.4, 0.5) is 4.39 Å². The lowest BCUT2D eigenvalue weighted by Gasteiger charge is -2.13. The zero-order valence-corrected chi connectivity index (χ0v) is 16.6. The fourth-order valence-corrected chi connectivity index (χ4v) is 3.68. The summed E-state index contributed by atoms with van der Waals surface area (Å²) in [6.45, 7) is 0.788. The molecule has 1 aliphatic rings. The maximum atomic E-state index is 13.6. The summed E-state index contributed by atoms with van der Waals surface area (Å²) in [6.07, 6.45) is 9.35. The summed E-state index contributed by atoms with van der Waals surface area (Å²) in [4.78, 5) is 29.2. The van der Waals surface area contributed by atoms with Gasteiger partial charge in [-0.15, -0.1) is 0 Å². The molecule has 1 aromatic carbocycles. The lowest BCUT2D eigenvalue weighted by Crippen LogP contribution is -2.28. The van der Waals surface area contributed by atoms with Crippen molar-refractivity contribution in [2.75, 3.05) is 6.54 Å². The zero-order chi connectivity index (χ0) is 20.9. The van der Waals surface area contributed by atoms with E-state index >= 15 is 0 Å². The van der Waals surface area contributed by atoms with Crippen LogP contribution < -0.4 is 10.9 Å². The van der Waals surface area contributed by atoms with Gasteiger partial charge in [-0.25, -0.2) is 9.37 Å². The minimum Gasteiger partial charge on any atom is -0.356 e. The largest absolute Gasteiger partial charge is 0.356 e. The molecule has 30 heavy (non-hydrogen) atoms. The van der Waals surface area contributed by atoms with Gasteiger partial charge in [0.05, 0.1) is 0 Å². The molecule has 4 rings (SSSR count). The summed E-state index contributed by atoms with van der Waals surface area (Å²) in [5.41, 5.74) is 1.79. The van der Waals surface area contributed by atoms with Crippen molar-refractivity contribution in [3.8, 4) is 11.3 Å². The van der Waals surface area contributed by atoms with Crippen LogP contribution in [0.5, 0.6) is 0 Å². The number of amides is 1. The van der Waals surface area contributed by atoms with Crippen LogP contribution in [0.1, 0.15) is 38.5 Å². The molecule has 0 fully saturated rings. The molecule has 0 saturated carbocycles. The van der Waals surface area contributed by atoms with E-state index in [4.69, 9.17) is 4.52 Å². The van der Waals surface area contributed by atoms with E-state index < -0.39 is 5.82 Å². The number of rotatable bonds is 7. The molecule has 156 valence electrons. The Morgan fingerprint density at radius 2 is 2.20 bits per heavy atom. The van der Waals surface area contributed by atoms with Crippen LogP contribution >= 0.6 is 0 Å². The Hall–Kier alpha value is -3.29. The number of allylic oxidation sites excluding steroid dienone is 1. The van der Waals surface area contributed by atoms with Crippen LogP contribution in [0.3, 0.4) is 0 Å². The molecule has 0 saturated heterocycles. The van der Waals surface area contributed by atoms with Gasteiger partial charge in [-0.2, -0.15) is 0 Å². The number of aromatic nitrogens is 3. The molecule has 2 heterocycles. The highest BCUT2D eigenvalue weighted by molar-refractivity contribution is 5.88. The molecule has 1 amide bonds. The number of nitrogens with one attached hydrogen (secondary N) is 1. The number of carbonyl (C=O) groups excluding carboxylic acids is 1. The molecule has 8 heteroatoms. The number of benzene rings is 1. The van der Waals surface area contributed by atoms with Crippen molar-refractivity contribution >= 4 is 17.0 Å². The molecule has 1 N–H and O–H groups in total. The standard InChI is InChI=1S/C22H23FN4O3/c23-17-8-4-7-16(13-17)20-19-21(30-26-20)25-14-27(22(19)29)12-10-18(28)24-11-9-15-5-2-1-3-6-15/h4-5,7-8,13-14H,1-3,6,9-12H2,(H,24,28). The number of carbonyl (C=O) groups is 1. The predicted molar refractivity (Wildman–Crippen MR) is 110 cm³/mol. The molecular weight excluding hydrogens is 387 g/mol. The summed E-state index contributed by atoms with van der Waals surface area (Å²) in [6, 6.07) is 5.77. The summed E-state index contributed by atoms with van der Waals surface area (Å²) in [5.74, 6) is -0.553. The van der Waals surface area contributed by atoms with Crippen LogP contribution in [-0.4, -0.2) is 27.2 Å². The lowest BCUT2D eigenvalue weighted by molar-refractivity contribution is -0.121. The lowest BCUT2D eigenvalue weighted by atomic mass is 9.97. The van der Waals surface area contributed by atoms with E-state index in [1.54, 1.807) is 6.07 Å². The van der Waals surface area contributed by atoms with Gasteiger partial charge in [0.2, 0.25) is 5.91 Å². The second-order valence-electron chi connectivity index (χ2n) is 7.42. The molecule has 0 radical (unpaired) electrons. The number of aryl methyl sites for hydroxylation is 1. The highest BCUT2D eigenvalue weighted by Gasteiger charge is 2.17. The molecular formula is C22H23FN4O3. The molecule has 0 aliphatic heterocycles. The SMILES string of the molecule is O=C(CCn1cnc2onc(-c3cccc(F)c3)c2c1=O)NCCC1=CCCCC1. The van der Waals surface area contributed by atoms with Crippen molar-refractivity contribution in [1.82, 2.24) is 20.0 Å². The van der Waals surface area contributed by atoms with Crippen molar-refractivity contribution in [2.24, 2.45) is 0 Å². The third-order valence-electron chi connectivity index (χ3n) is 5.29. The third kappa shape index (κ3) is 4.48. The topological polar surface area (TPSA) is 90.0 Å². The maximum absolute atomic E-state index is 13.6. The molecule has 0 unspecified atom stereocenters. The quantitative estimate of drug-likeness (QED) is 0.601. The first kappa shape index (κ1) is 20.0. The number of nitrogens with zero attached hydrogens (tertiary/aromatic N) is 3. The summed E-state index contributed by atoms with van der Waals surface area (Å²) in [5, 5.41) is 6.97. The van der Waals surface area contributed by atoms with E-state index in [-0.39, 0.29) is 41.2 Å². The van der Waals surface area contributed by atoms with Gasteiger partial charge in [0, 0.05) is 25.1 Å². The number of hydrogen-bond acceptors (Lipinski definition) is 5. The average molecular weight is 410 g/mol. The fourth-order valence-electron chi connectivity index (χ4n) is 3.68. The van der Waals surface area contributed by atoms with E-state index in [1.807, 2.05) is 0 Å². The van der Waals surface area contributed by atoms with Gasteiger partial charge in [0.15, 0.2) is 0 Å². The van der Waals surface area contributed by atoms with Gasteiger partial charge in [-0.1, -0.05) is 28.9 Å². The Balaban J connectivity index is 1.42. The fraction of sp³-hybridized carbons (Fsp3) is 0.364. The molecule has 0 spiro atoms. The zero-order valence-electron chi connectivity index (χ0n) is 16.6. The number of halogens is 1. The van der Waals surface area contributed by atoms with E-state index in [2.05, 4.69) is 21.5 Å². The normalized spacial score (nSPS) is 14.0. The Kier molecular flexibility index (Phi) is 6.02. The van der Waals surface area contributed by atoms with Gasteiger partial charge in [0.25, 0.3) is 11.3 Å². The highest BCUT2D eigenvalue weighted by Crippen LogP contribution is 2.24. The second kappa shape index (κ2) is 9.02. The molecule has 0 bridgehead atoms. The van der Waals surface area contributed by atoms with Crippen LogP contribution in [0.2, 0.25) is 0 Å². The minimum absolute atomic E-state index is 0.0840. The van der Waals surface area contributed by atoms with Gasteiger partial charge in [-0.05, 0) is 44.2 Å². The number of fused-ring (bicyclic) bond motifs is 1. The molecule has 1 aliphatic carbocycles. The van der Waals surface area contributed by atoms with Crippen LogP contribution in [0.25, 0.3) is 22.4 Å². The van der Waals surface area contributed by atoms with Crippen LogP contribution in [0, 0.1) is 5.82 Å². The number of hydrogen-bond donors (Lipinski definition) is 1. The van der Waals surface area contributed by atoms with E-state index in [0.29, 0.717) is 12.1 Å². The molecule has 7 nitrogen and oxygen atoms in total. The summed E-state index contributed by atoms with van der Waals surface area (Å²) >= 11 is 0. The van der Waals surface area contributed by atoms with Crippen molar-refractivity contribution in [3.05, 3.63) is 58.4 Å². The first-order valence-corrected chi connectivity index (χ1v) is 10.2. The van der Waals surface area contributed by atoms with E-state index in [0.717, 1.165) is 19.3 Å². The van der Waals surface area contributed by atoms with Gasteiger partial charge in [-0.3, -0.25) is 14.2 Å². The Morgan fingerprint density at radius 1 is 1.30 bits per heavy atom. The maximum Gasteiger partial charge on any atom is 0.266 e. The summed E-state index contributed by atoms with van der Waals surface area (Å²) < 4.78 is 20.1. The van der Waals surface area contributed by atoms with Gasteiger partial charge in [0.1, 0.15) is 23.2 Å². The van der Waals surface area contributed by atoms with Crippen molar-refractivity contribution in [2.45, 2.75) is 45.1 Å². The van der Waals surface area contributed by atoms with Crippen LogP contribution in [0.15, 0.2) is 51.6 Å². The summed E-state index contributed by atoms with van der Waals surface area (Å²) in [7, 11) is 0. The molecule has 2 aromatic heterocycles. The van der Waals surface area contributed by atoms with Gasteiger partial charge >= 0.3 is 0 Å². The smallest absolute Gasteiger partial charge is 0.266 e. The highest BCUT2D eigenvalue weighted by atomic mass is 19.1. The monoisotopic (exact) mass is 410 g/mol. The van der Waals surface area contributed by atoms with Crippen LogP contribution in [-0.2, 0) is 11.3 Å². The first-order valence-electron chi connectivity index (χ1n) is 10.2. The van der Waals surface area contributed by atoms with Gasteiger partial charge < -0.3 is 9.84 Å². The second-order valence-corrected chi connectivity index (χ2v) is 7.42.